The molecule has 3 N–H and O–H groups in total. The van der Waals surface area contributed by atoms with Gasteiger partial charge in [-0.25, -0.2) is 19.3 Å². The highest BCUT2D eigenvalue weighted by molar-refractivity contribution is 6.32. The fraction of sp³-hybridized carbons (Fsp3) is 0.154. The molecule has 0 atom stereocenters. The third-order valence-corrected chi connectivity index (χ3v) is 7.43. The summed E-state index contributed by atoms with van der Waals surface area (Å²) >= 11 is 0. The number of aliphatic imine (C=N–C) groups is 6. The lowest BCUT2D eigenvalue weighted by Gasteiger charge is -2.30. The Morgan fingerprint density at radius 1 is 0.473 bits per heavy atom. The average molecular weight is 741 g/mol. The van der Waals surface area contributed by atoms with Crippen LogP contribution in [0.4, 0.5) is 17.1 Å². The summed E-state index contributed by atoms with van der Waals surface area (Å²) in [6.45, 7) is 6.14. The van der Waals surface area contributed by atoms with Gasteiger partial charge in [0.1, 0.15) is 0 Å². The van der Waals surface area contributed by atoms with Crippen LogP contribution in [0.25, 0.3) is 18.2 Å². The molecule has 55 heavy (non-hydrogen) atoms. The molecule has 278 valence electrons. The second kappa shape index (κ2) is 17.8. The van der Waals surface area contributed by atoms with Crippen molar-refractivity contribution in [2.75, 3.05) is 35.8 Å². The Bertz CT molecular complexity index is 1960. The maximum absolute atomic E-state index is 11.7. The Hall–Kier alpha value is -7.49. The third-order valence-electron chi connectivity index (χ3n) is 7.43. The Morgan fingerprint density at radius 3 is 1.00 bits per heavy atom. The molecule has 0 saturated carbocycles. The minimum atomic E-state index is -0.419. The number of ether oxygens (including phenoxy) is 3. The second-order valence-electron chi connectivity index (χ2n) is 11.4. The highest BCUT2D eigenvalue weighted by Gasteiger charge is 2.35. The van der Waals surface area contributed by atoms with Crippen molar-refractivity contribution in [2.24, 2.45) is 30.0 Å². The number of esters is 3. The molecule has 0 unspecified atom stereocenters. The van der Waals surface area contributed by atoms with E-state index in [1.807, 2.05) is 72.8 Å². The number of carbonyl (C=O) groups excluding carboxylic acids is 3. The monoisotopic (exact) mass is 740 g/mol. The average Bonchev–Trinajstić information content (AvgIpc) is 3.17. The largest absolute Gasteiger partial charge is 0.463 e. The molecule has 0 bridgehead atoms. The van der Waals surface area contributed by atoms with Crippen LogP contribution in [0.15, 0.2) is 121 Å². The van der Waals surface area contributed by atoms with Crippen molar-refractivity contribution < 1.29 is 28.6 Å². The van der Waals surface area contributed by atoms with Gasteiger partial charge in [0.15, 0.2) is 0 Å². The molecule has 0 aromatic heterocycles. The molecule has 3 aliphatic rings. The smallest absolute Gasteiger partial charge is 0.330 e. The SMILES string of the molecule is CCOC(=O)C=Cc1ccc(NC2=NC3=NC(Nc4ccc(C=CC(=O)OCC)cc4)=NC4=NC(Nc5ccc(C=CC(=O)OCC)cc5)=NC(=N2)N34)cc1. The summed E-state index contributed by atoms with van der Waals surface area (Å²) in [5.41, 5.74) is 4.41. The van der Waals surface area contributed by atoms with Crippen molar-refractivity contribution in [3.05, 3.63) is 108 Å². The highest BCUT2D eigenvalue weighted by atomic mass is 16.5. The fourth-order valence-electron chi connectivity index (χ4n) is 4.94. The fourth-order valence-corrected chi connectivity index (χ4v) is 4.94. The number of hydrogen-bond acceptors (Lipinski definition) is 16. The second-order valence-corrected chi connectivity index (χ2v) is 11.4. The lowest BCUT2D eigenvalue weighted by atomic mass is 10.2. The zero-order valence-electron chi connectivity index (χ0n) is 30.1. The number of nitrogens with zero attached hydrogens (tertiary/aromatic N) is 7. The lowest BCUT2D eigenvalue weighted by molar-refractivity contribution is -0.138. The van der Waals surface area contributed by atoms with Crippen LogP contribution in [0, 0.1) is 0 Å². The zero-order valence-corrected chi connectivity index (χ0v) is 30.1. The summed E-state index contributed by atoms with van der Waals surface area (Å²) in [7, 11) is 0. The summed E-state index contributed by atoms with van der Waals surface area (Å²) in [5.74, 6) is 0.0158. The zero-order chi connectivity index (χ0) is 38.6. The van der Waals surface area contributed by atoms with Gasteiger partial charge in [-0.2, -0.15) is 30.0 Å². The molecule has 0 radical (unpaired) electrons. The van der Waals surface area contributed by atoms with Crippen LogP contribution in [0.5, 0.6) is 0 Å². The van der Waals surface area contributed by atoms with Gasteiger partial charge in [0.05, 0.1) is 19.8 Å². The van der Waals surface area contributed by atoms with Crippen LogP contribution in [-0.2, 0) is 28.6 Å². The van der Waals surface area contributed by atoms with Gasteiger partial charge >= 0.3 is 17.9 Å². The molecule has 3 aromatic carbocycles. The van der Waals surface area contributed by atoms with Crippen LogP contribution in [0.1, 0.15) is 37.5 Å². The number of hydrogen-bond donors (Lipinski definition) is 3. The van der Waals surface area contributed by atoms with Gasteiger partial charge in [-0.15, -0.1) is 0 Å². The van der Waals surface area contributed by atoms with E-state index in [4.69, 9.17) is 14.2 Å². The quantitative estimate of drug-likeness (QED) is 0.121. The van der Waals surface area contributed by atoms with Gasteiger partial charge in [-0.3, -0.25) is 0 Å². The van der Waals surface area contributed by atoms with Crippen LogP contribution in [0.2, 0.25) is 0 Å². The summed E-state index contributed by atoms with van der Waals surface area (Å²) in [6.07, 6.45) is 9.09. The number of anilines is 3. The van der Waals surface area contributed by atoms with Gasteiger partial charge in [-0.05, 0) is 92.1 Å². The molecule has 0 fully saturated rings. The van der Waals surface area contributed by atoms with Gasteiger partial charge in [-0.1, -0.05) is 36.4 Å². The summed E-state index contributed by atoms with van der Waals surface area (Å²) in [4.78, 5) is 64.5. The van der Waals surface area contributed by atoms with E-state index < -0.39 is 17.9 Å². The first-order chi connectivity index (χ1) is 26.8. The number of carbonyl (C=O) groups is 3. The van der Waals surface area contributed by atoms with E-state index in [9.17, 15) is 14.4 Å². The molecule has 0 amide bonds. The number of rotatable bonds is 12. The Morgan fingerprint density at radius 2 is 0.745 bits per heavy atom. The Kier molecular flexibility index (Phi) is 12.1. The third kappa shape index (κ3) is 10.3. The predicted molar refractivity (Wildman–Crippen MR) is 214 cm³/mol. The van der Waals surface area contributed by atoms with Crippen LogP contribution < -0.4 is 16.0 Å². The summed E-state index contributed by atoms with van der Waals surface area (Å²) < 4.78 is 14.8. The first-order valence-corrected chi connectivity index (χ1v) is 17.3. The van der Waals surface area contributed by atoms with E-state index in [-0.39, 0.29) is 35.8 Å². The minimum absolute atomic E-state index is 0.209. The molecular weight excluding hydrogens is 704 g/mol. The molecule has 16 nitrogen and oxygen atoms in total. The van der Waals surface area contributed by atoms with Crippen molar-refractivity contribution in [2.45, 2.75) is 20.8 Å². The van der Waals surface area contributed by atoms with Gasteiger partial charge in [0.2, 0.25) is 35.8 Å². The van der Waals surface area contributed by atoms with Gasteiger partial charge in [0.25, 0.3) is 0 Å². The molecule has 0 aliphatic carbocycles. The molecule has 0 spiro atoms. The molecule has 3 aliphatic heterocycles. The van der Waals surface area contributed by atoms with E-state index in [0.29, 0.717) is 36.9 Å². The number of nitrogens with one attached hydrogen (secondary N) is 3. The maximum atomic E-state index is 11.7. The molecule has 0 saturated heterocycles. The van der Waals surface area contributed by atoms with Gasteiger partial charge in [0, 0.05) is 35.3 Å². The molecule has 3 heterocycles. The number of benzene rings is 3. The molecular formula is C39H36N10O6. The van der Waals surface area contributed by atoms with E-state index in [0.717, 1.165) is 16.7 Å². The van der Waals surface area contributed by atoms with E-state index in [1.54, 1.807) is 39.0 Å². The van der Waals surface area contributed by atoms with Crippen molar-refractivity contribution in [3.63, 3.8) is 0 Å². The van der Waals surface area contributed by atoms with Crippen molar-refractivity contribution in [3.8, 4) is 0 Å². The predicted octanol–water partition coefficient (Wildman–Crippen LogP) is 5.53. The van der Waals surface area contributed by atoms with Crippen molar-refractivity contribution >= 4 is 89.0 Å². The standard InChI is InChI=1S/C39H36N10O6/c1-4-53-31(50)22-13-25-7-16-28(17-8-25)40-34-43-37-45-35(41-29-18-9-26(10-19-29)14-23-32(51)54-5-2)47-39-48-36(46-38(44-34)49(37)39)42-30-20-11-27(12-21-30)15-24-33(52)55-6-3/h7-24H,4-6H2,1-3H3,(H3,40,41,42,43,44,45,46,47,48). The molecule has 16 heteroatoms. The Balaban J connectivity index is 1.25. The first kappa shape index (κ1) is 37.3. The Labute approximate surface area is 316 Å². The van der Waals surface area contributed by atoms with E-state index >= 15 is 0 Å². The lowest BCUT2D eigenvalue weighted by Crippen LogP contribution is -2.49. The minimum Gasteiger partial charge on any atom is -0.463 e. The summed E-state index contributed by atoms with van der Waals surface area (Å²) in [5, 5.41) is 9.59. The molecule has 6 rings (SSSR count). The highest BCUT2D eigenvalue weighted by Crippen LogP contribution is 2.21. The van der Waals surface area contributed by atoms with E-state index in [1.165, 1.54) is 23.1 Å². The topological polar surface area (TPSA) is 192 Å². The first-order valence-electron chi connectivity index (χ1n) is 17.3. The van der Waals surface area contributed by atoms with Crippen LogP contribution >= 0.6 is 0 Å². The summed E-state index contributed by atoms with van der Waals surface area (Å²) in [6, 6.07) is 21.9. The van der Waals surface area contributed by atoms with Gasteiger partial charge < -0.3 is 30.2 Å². The van der Waals surface area contributed by atoms with E-state index in [2.05, 4.69) is 45.9 Å². The maximum Gasteiger partial charge on any atom is 0.330 e. The van der Waals surface area contributed by atoms with Crippen molar-refractivity contribution in [1.82, 2.24) is 4.90 Å². The number of guanidine groups is 6. The van der Waals surface area contributed by atoms with Crippen LogP contribution in [0.3, 0.4) is 0 Å². The van der Waals surface area contributed by atoms with Crippen molar-refractivity contribution in [1.29, 1.82) is 0 Å². The molecule has 3 aromatic rings. The van der Waals surface area contributed by atoms with Crippen LogP contribution in [-0.4, -0.2) is 78.4 Å². The normalized spacial score (nSPS) is 14.6.